The molecule has 6 nitrogen and oxygen atoms in total. The van der Waals surface area contributed by atoms with Crippen LogP contribution in [0.2, 0.25) is 0 Å². The van der Waals surface area contributed by atoms with Crippen molar-refractivity contribution in [1.29, 1.82) is 0 Å². The topological polar surface area (TPSA) is 54.3 Å². The lowest BCUT2D eigenvalue weighted by Gasteiger charge is -2.23. The van der Waals surface area contributed by atoms with E-state index in [0.29, 0.717) is 26.2 Å². The molecule has 1 saturated carbocycles. The number of aromatic nitrogens is 3. The molecule has 2 aromatic heterocycles. The van der Waals surface area contributed by atoms with E-state index in [1.165, 1.54) is 6.08 Å². The number of hydrogen-bond acceptors (Lipinski definition) is 4. The fraction of sp³-hybridized carbons (Fsp3) is 0.476. The van der Waals surface area contributed by atoms with Crippen molar-refractivity contribution in [3.63, 3.8) is 0 Å². The van der Waals surface area contributed by atoms with E-state index in [1.54, 1.807) is 9.58 Å². The van der Waals surface area contributed by atoms with Crippen molar-refractivity contribution in [3.05, 3.63) is 42.7 Å². The van der Waals surface area contributed by atoms with Crippen molar-refractivity contribution in [3.8, 4) is 11.3 Å². The third-order valence-electron chi connectivity index (χ3n) is 6.55. The van der Waals surface area contributed by atoms with Crippen LogP contribution < -0.4 is 4.90 Å². The molecule has 2 aliphatic heterocycles. The summed E-state index contributed by atoms with van der Waals surface area (Å²) in [6, 6.07) is 3.92. The normalized spacial score (nSPS) is 27.2. The molecule has 0 aromatic carbocycles. The van der Waals surface area contributed by atoms with Gasteiger partial charge in [-0.2, -0.15) is 5.10 Å². The maximum absolute atomic E-state index is 13.6. The smallest absolute Gasteiger partial charge is 0.258 e. The third-order valence-corrected chi connectivity index (χ3v) is 6.55. The summed E-state index contributed by atoms with van der Waals surface area (Å²) in [5, 5.41) is 4.55. The highest BCUT2D eigenvalue weighted by Crippen LogP contribution is 2.59. The molecular formula is C21H23F2N5O. The zero-order chi connectivity index (χ0) is 20.3. The van der Waals surface area contributed by atoms with Crippen molar-refractivity contribution in [2.24, 2.45) is 18.9 Å². The SMILES string of the molecule is C=CC(=O)N1CCC(c2cnc(N3CC4C(C3)C4(F)F)cc2-c2ccn(C)n2)C1. The number of fused-ring (bicyclic) bond motifs is 1. The first-order valence-electron chi connectivity index (χ1n) is 9.92. The van der Waals surface area contributed by atoms with Gasteiger partial charge in [-0.1, -0.05) is 6.58 Å². The minimum atomic E-state index is -2.51. The molecule has 8 heteroatoms. The molecule has 29 heavy (non-hydrogen) atoms. The Hall–Kier alpha value is -2.77. The standard InChI is InChI=1S/C21H23F2N5O/c1-3-20(29)27-7-4-13(10-27)15-9-24-19(8-14(15)18-5-6-26(2)25-18)28-11-16-17(12-28)21(16,22)23/h3,5-6,8-9,13,16-17H,1,4,7,10-12H2,2H3. The Morgan fingerprint density at radius 2 is 2.07 bits per heavy atom. The van der Waals surface area contributed by atoms with E-state index in [2.05, 4.69) is 16.7 Å². The van der Waals surface area contributed by atoms with Gasteiger partial charge in [0.25, 0.3) is 5.92 Å². The van der Waals surface area contributed by atoms with Gasteiger partial charge >= 0.3 is 0 Å². The minimum Gasteiger partial charge on any atom is -0.356 e. The number of halogens is 2. The van der Waals surface area contributed by atoms with Crippen LogP contribution in [0.5, 0.6) is 0 Å². The zero-order valence-electron chi connectivity index (χ0n) is 16.3. The summed E-state index contributed by atoms with van der Waals surface area (Å²) >= 11 is 0. The largest absolute Gasteiger partial charge is 0.356 e. The minimum absolute atomic E-state index is 0.0614. The summed E-state index contributed by atoms with van der Waals surface area (Å²) in [4.78, 5) is 20.3. The summed E-state index contributed by atoms with van der Waals surface area (Å²) in [5.41, 5.74) is 2.83. The number of carbonyl (C=O) groups excluding carboxylic acids is 1. The van der Waals surface area contributed by atoms with Gasteiger partial charge in [-0.25, -0.2) is 13.8 Å². The van der Waals surface area contributed by atoms with Gasteiger partial charge in [0.2, 0.25) is 5.91 Å². The first kappa shape index (κ1) is 18.3. The Morgan fingerprint density at radius 3 is 2.72 bits per heavy atom. The lowest BCUT2D eigenvalue weighted by atomic mass is 9.93. The van der Waals surface area contributed by atoms with Crippen LogP contribution in [0.3, 0.4) is 0 Å². The molecule has 3 unspecified atom stereocenters. The highest BCUT2D eigenvalue weighted by Gasteiger charge is 2.71. The molecule has 1 amide bonds. The molecule has 3 fully saturated rings. The summed E-state index contributed by atoms with van der Waals surface area (Å²) in [5.74, 6) is -2.78. The zero-order valence-corrected chi connectivity index (χ0v) is 16.3. The summed E-state index contributed by atoms with van der Waals surface area (Å²) in [7, 11) is 1.86. The molecule has 0 radical (unpaired) electrons. The Kier molecular flexibility index (Phi) is 4.01. The van der Waals surface area contributed by atoms with E-state index in [9.17, 15) is 13.6 Å². The number of aryl methyl sites for hydroxylation is 1. The van der Waals surface area contributed by atoms with Crippen LogP contribution >= 0.6 is 0 Å². The van der Waals surface area contributed by atoms with Gasteiger partial charge in [0.05, 0.1) is 17.5 Å². The van der Waals surface area contributed by atoms with Gasteiger partial charge in [-0.05, 0) is 30.2 Å². The Bertz CT molecular complexity index is 973. The fourth-order valence-corrected chi connectivity index (χ4v) is 4.77. The number of piperidine rings is 1. The number of anilines is 1. The van der Waals surface area contributed by atoms with Crippen LogP contribution in [0.4, 0.5) is 14.6 Å². The number of rotatable bonds is 4. The van der Waals surface area contributed by atoms with Gasteiger partial charge in [0, 0.05) is 57.1 Å². The van der Waals surface area contributed by atoms with Crippen LogP contribution in [0.15, 0.2) is 37.2 Å². The summed E-state index contributed by atoms with van der Waals surface area (Å²) in [6.45, 7) is 5.56. The van der Waals surface area contributed by atoms with Gasteiger partial charge in [0.1, 0.15) is 5.82 Å². The van der Waals surface area contributed by atoms with E-state index < -0.39 is 17.8 Å². The number of hydrogen-bond donors (Lipinski definition) is 0. The third kappa shape index (κ3) is 2.92. The van der Waals surface area contributed by atoms with Crippen molar-refractivity contribution in [1.82, 2.24) is 19.7 Å². The van der Waals surface area contributed by atoms with Gasteiger partial charge in [0.15, 0.2) is 0 Å². The van der Waals surface area contributed by atoms with Crippen molar-refractivity contribution in [2.45, 2.75) is 18.3 Å². The Morgan fingerprint density at radius 1 is 1.31 bits per heavy atom. The first-order chi connectivity index (χ1) is 13.9. The molecule has 3 aliphatic rings. The second-order valence-electron chi connectivity index (χ2n) is 8.27. The number of likely N-dealkylation sites (tertiary alicyclic amines) is 1. The fourth-order valence-electron chi connectivity index (χ4n) is 4.77. The number of pyridine rings is 1. The lowest BCUT2D eigenvalue weighted by Crippen LogP contribution is -2.28. The molecule has 2 aromatic rings. The highest BCUT2D eigenvalue weighted by molar-refractivity contribution is 5.87. The van der Waals surface area contributed by atoms with Crippen molar-refractivity contribution in [2.75, 3.05) is 31.1 Å². The monoisotopic (exact) mass is 399 g/mol. The second-order valence-corrected chi connectivity index (χ2v) is 8.27. The van der Waals surface area contributed by atoms with E-state index in [0.717, 1.165) is 29.1 Å². The Balaban J connectivity index is 1.46. The molecular weight excluding hydrogens is 376 g/mol. The van der Waals surface area contributed by atoms with E-state index >= 15 is 0 Å². The van der Waals surface area contributed by atoms with Gasteiger partial charge in [-0.3, -0.25) is 9.48 Å². The Labute approximate surface area is 167 Å². The van der Waals surface area contributed by atoms with Crippen LogP contribution in [0.25, 0.3) is 11.3 Å². The molecule has 0 N–H and O–H groups in total. The molecule has 0 bridgehead atoms. The first-order valence-corrected chi connectivity index (χ1v) is 9.92. The van der Waals surface area contributed by atoms with Gasteiger partial charge < -0.3 is 9.80 Å². The van der Waals surface area contributed by atoms with Gasteiger partial charge in [-0.15, -0.1) is 0 Å². The van der Waals surface area contributed by atoms with E-state index in [1.807, 2.05) is 36.5 Å². The molecule has 152 valence electrons. The molecule has 5 rings (SSSR count). The van der Waals surface area contributed by atoms with Crippen LogP contribution in [-0.4, -0.2) is 57.7 Å². The molecule has 2 saturated heterocycles. The summed E-state index contributed by atoms with van der Waals surface area (Å²) in [6.07, 6.45) is 5.92. The van der Waals surface area contributed by atoms with Crippen molar-refractivity contribution < 1.29 is 13.6 Å². The summed E-state index contributed by atoms with van der Waals surface area (Å²) < 4.78 is 28.9. The quantitative estimate of drug-likeness (QED) is 0.742. The molecule has 4 heterocycles. The van der Waals surface area contributed by atoms with Crippen molar-refractivity contribution >= 4 is 11.7 Å². The molecule has 3 atom stereocenters. The average Bonchev–Trinajstić information content (AvgIpc) is 3.30. The highest BCUT2D eigenvalue weighted by atomic mass is 19.3. The van der Waals surface area contributed by atoms with Crippen LogP contribution in [0, 0.1) is 11.8 Å². The maximum atomic E-state index is 13.6. The van der Waals surface area contributed by atoms with Crippen LogP contribution in [-0.2, 0) is 11.8 Å². The lowest BCUT2D eigenvalue weighted by molar-refractivity contribution is -0.125. The molecule has 0 spiro atoms. The average molecular weight is 399 g/mol. The number of amides is 1. The van der Waals surface area contributed by atoms with E-state index in [4.69, 9.17) is 0 Å². The second kappa shape index (κ2) is 6.37. The number of nitrogens with zero attached hydrogens (tertiary/aromatic N) is 5. The maximum Gasteiger partial charge on any atom is 0.258 e. The molecule has 1 aliphatic carbocycles. The van der Waals surface area contributed by atoms with Crippen LogP contribution in [0.1, 0.15) is 17.9 Å². The van der Waals surface area contributed by atoms with E-state index in [-0.39, 0.29) is 11.8 Å². The predicted octanol–water partition coefficient (Wildman–Crippen LogP) is 2.69. The number of alkyl halides is 2. The predicted molar refractivity (Wildman–Crippen MR) is 105 cm³/mol. The number of carbonyl (C=O) groups is 1.